The second-order valence-corrected chi connectivity index (χ2v) is 4.42. The Labute approximate surface area is 87.4 Å². The molecule has 1 saturated carbocycles. The fraction of sp³-hybridized carbons (Fsp3) is 0.909. The smallest absolute Gasteiger partial charge is 0.191 e. The number of aliphatic imine (C=N–C) groups is 1. The van der Waals surface area contributed by atoms with Gasteiger partial charge < -0.3 is 10.6 Å². The lowest BCUT2D eigenvalue weighted by Crippen LogP contribution is -2.42. The summed E-state index contributed by atoms with van der Waals surface area (Å²) in [6.45, 7) is 8.33. The number of hydrogen-bond donors (Lipinski definition) is 1. The molecule has 0 bridgehead atoms. The normalized spacial score (nSPS) is 18.4. The van der Waals surface area contributed by atoms with E-state index in [0.29, 0.717) is 6.04 Å². The summed E-state index contributed by atoms with van der Waals surface area (Å²) < 4.78 is 0. The fourth-order valence-corrected chi connectivity index (χ4v) is 1.72. The molecule has 0 heterocycles. The molecule has 1 rings (SSSR count). The summed E-state index contributed by atoms with van der Waals surface area (Å²) in [5.74, 6) is 1.57. The van der Waals surface area contributed by atoms with Gasteiger partial charge in [0.2, 0.25) is 0 Å². The monoisotopic (exact) mass is 197 g/mol. The zero-order valence-electron chi connectivity index (χ0n) is 9.66. The van der Waals surface area contributed by atoms with Gasteiger partial charge in [-0.05, 0) is 39.5 Å². The van der Waals surface area contributed by atoms with E-state index in [4.69, 9.17) is 5.73 Å². The van der Waals surface area contributed by atoms with Gasteiger partial charge in [-0.3, -0.25) is 4.99 Å². The van der Waals surface area contributed by atoms with Crippen molar-refractivity contribution >= 4 is 5.96 Å². The highest BCUT2D eigenvalue weighted by molar-refractivity contribution is 5.78. The van der Waals surface area contributed by atoms with Gasteiger partial charge in [-0.15, -0.1) is 0 Å². The van der Waals surface area contributed by atoms with Crippen molar-refractivity contribution in [2.24, 2.45) is 16.6 Å². The van der Waals surface area contributed by atoms with Crippen molar-refractivity contribution in [1.29, 1.82) is 0 Å². The van der Waals surface area contributed by atoms with Gasteiger partial charge in [0, 0.05) is 19.1 Å². The Morgan fingerprint density at radius 2 is 2.14 bits per heavy atom. The number of hydrogen-bond acceptors (Lipinski definition) is 1. The molecule has 0 amide bonds. The van der Waals surface area contributed by atoms with Crippen molar-refractivity contribution < 1.29 is 0 Å². The van der Waals surface area contributed by atoms with E-state index < -0.39 is 0 Å². The molecule has 14 heavy (non-hydrogen) atoms. The lowest BCUT2D eigenvalue weighted by atomic mass is 9.85. The molecule has 1 aliphatic carbocycles. The highest BCUT2D eigenvalue weighted by Gasteiger charge is 2.20. The van der Waals surface area contributed by atoms with Crippen LogP contribution >= 0.6 is 0 Å². The second kappa shape index (κ2) is 5.23. The summed E-state index contributed by atoms with van der Waals surface area (Å²) in [7, 11) is 0. The first-order valence-electron chi connectivity index (χ1n) is 5.71. The number of nitrogens with zero attached hydrogens (tertiary/aromatic N) is 2. The molecule has 0 aromatic heterocycles. The minimum absolute atomic E-state index is 0.297. The van der Waals surface area contributed by atoms with Gasteiger partial charge in [-0.1, -0.05) is 6.42 Å². The Morgan fingerprint density at radius 1 is 1.50 bits per heavy atom. The van der Waals surface area contributed by atoms with E-state index in [-0.39, 0.29) is 0 Å². The van der Waals surface area contributed by atoms with Crippen LogP contribution in [0.15, 0.2) is 4.99 Å². The maximum absolute atomic E-state index is 5.93. The number of rotatable bonds is 4. The summed E-state index contributed by atoms with van der Waals surface area (Å²) in [6, 6.07) is 0.297. The summed E-state index contributed by atoms with van der Waals surface area (Å²) in [5.41, 5.74) is 5.93. The lowest BCUT2D eigenvalue weighted by Gasteiger charge is -2.32. The Kier molecular flexibility index (Phi) is 4.23. The average Bonchev–Trinajstić information content (AvgIpc) is 2.01. The van der Waals surface area contributed by atoms with Crippen LogP contribution in [-0.2, 0) is 0 Å². The summed E-state index contributed by atoms with van der Waals surface area (Å²) in [6.07, 6.45) is 4.13. The first kappa shape index (κ1) is 11.3. The van der Waals surface area contributed by atoms with Crippen molar-refractivity contribution in [3.8, 4) is 0 Å². The summed E-state index contributed by atoms with van der Waals surface area (Å²) in [5, 5.41) is 0. The molecular weight excluding hydrogens is 174 g/mol. The molecule has 0 unspecified atom stereocenters. The van der Waals surface area contributed by atoms with Crippen LogP contribution in [0.2, 0.25) is 0 Å². The maximum atomic E-state index is 5.93. The molecule has 0 spiro atoms. The molecule has 0 aliphatic heterocycles. The zero-order chi connectivity index (χ0) is 10.6. The molecular formula is C11H23N3. The first-order valence-corrected chi connectivity index (χ1v) is 5.71. The molecule has 1 aliphatic rings. The highest BCUT2D eigenvalue weighted by atomic mass is 15.2. The van der Waals surface area contributed by atoms with Crippen molar-refractivity contribution in [1.82, 2.24) is 4.90 Å². The summed E-state index contributed by atoms with van der Waals surface area (Å²) >= 11 is 0. The SMILES string of the molecule is CCN(CC1CCC1)C(N)=NC(C)C. The van der Waals surface area contributed by atoms with Crippen molar-refractivity contribution in [2.75, 3.05) is 13.1 Å². The molecule has 0 aromatic rings. The van der Waals surface area contributed by atoms with Crippen molar-refractivity contribution in [3.05, 3.63) is 0 Å². The van der Waals surface area contributed by atoms with Crippen molar-refractivity contribution in [2.45, 2.75) is 46.1 Å². The minimum atomic E-state index is 0.297. The van der Waals surface area contributed by atoms with Crippen LogP contribution in [-0.4, -0.2) is 30.0 Å². The molecule has 0 radical (unpaired) electrons. The van der Waals surface area contributed by atoms with Crippen LogP contribution in [0.5, 0.6) is 0 Å². The molecule has 0 saturated heterocycles. The molecule has 2 N–H and O–H groups in total. The maximum Gasteiger partial charge on any atom is 0.191 e. The van der Waals surface area contributed by atoms with Gasteiger partial charge in [0.05, 0.1) is 0 Å². The van der Waals surface area contributed by atoms with E-state index in [0.717, 1.165) is 25.0 Å². The molecule has 3 heteroatoms. The number of guanidine groups is 1. The van der Waals surface area contributed by atoms with Crippen LogP contribution in [0.1, 0.15) is 40.0 Å². The summed E-state index contributed by atoms with van der Waals surface area (Å²) in [4.78, 5) is 6.58. The van der Waals surface area contributed by atoms with Gasteiger partial charge >= 0.3 is 0 Å². The Morgan fingerprint density at radius 3 is 2.50 bits per heavy atom. The van der Waals surface area contributed by atoms with Gasteiger partial charge in [-0.25, -0.2) is 0 Å². The Hall–Kier alpha value is -0.730. The third-order valence-electron chi connectivity index (χ3n) is 2.80. The predicted molar refractivity (Wildman–Crippen MR) is 61.3 cm³/mol. The third-order valence-corrected chi connectivity index (χ3v) is 2.80. The first-order chi connectivity index (χ1) is 6.63. The highest BCUT2D eigenvalue weighted by Crippen LogP contribution is 2.26. The zero-order valence-corrected chi connectivity index (χ0v) is 9.66. The molecule has 3 nitrogen and oxygen atoms in total. The quantitative estimate of drug-likeness (QED) is 0.552. The molecule has 0 aromatic carbocycles. The fourth-order valence-electron chi connectivity index (χ4n) is 1.72. The van der Waals surface area contributed by atoms with E-state index in [1.807, 2.05) is 0 Å². The Bertz CT molecular complexity index is 195. The standard InChI is InChI=1S/C11H23N3/c1-4-14(8-10-6-5-7-10)11(12)13-9(2)3/h9-10H,4-8H2,1-3H3,(H2,12,13). The van der Waals surface area contributed by atoms with Gasteiger partial charge in [-0.2, -0.15) is 0 Å². The second-order valence-electron chi connectivity index (χ2n) is 4.42. The van der Waals surface area contributed by atoms with E-state index in [1.165, 1.54) is 19.3 Å². The van der Waals surface area contributed by atoms with Crippen molar-refractivity contribution in [3.63, 3.8) is 0 Å². The minimum Gasteiger partial charge on any atom is -0.370 e. The van der Waals surface area contributed by atoms with Crippen LogP contribution in [0, 0.1) is 5.92 Å². The van der Waals surface area contributed by atoms with E-state index in [1.54, 1.807) is 0 Å². The van der Waals surface area contributed by atoms with E-state index in [9.17, 15) is 0 Å². The topological polar surface area (TPSA) is 41.6 Å². The number of nitrogens with two attached hydrogens (primary N) is 1. The largest absolute Gasteiger partial charge is 0.370 e. The average molecular weight is 197 g/mol. The predicted octanol–water partition coefficient (Wildman–Crippen LogP) is 1.83. The van der Waals surface area contributed by atoms with E-state index in [2.05, 4.69) is 30.7 Å². The van der Waals surface area contributed by atoms with E-state index >= 15 is 0 Å². The Balaban J connectivity index is 2.42. The van der Waals surface area contributed by atoms with Crippen LogP contribution in [0.3, 0.4) is 0 Å². The van der Waals surface area contributed by atoms with Gasteiger partial charge in [0.15, 0.2) is 5.96 Å². The van der Waals surface area contributed by atoms with Crippen LogP contribution in [0.4, 0.5) is 0 Å². The van der Waals surface area contributed by atoms with Crippen LogP contribution < -0.4 is 5.73 Å². The molecule has 1 fully saturated rings. The third kappa shape index (κ3) is 3.20. The molecule has 82 valence electrons. The molecule has 0 atom stereocenters. The van der Waals surface area contributed by atoms with Crippen LogP contribution in [0.25, 0.3) is 0 Å². The van der Waals surface area contributed by atoms with Gasteiger partial charge in [0.1, 0.15) is 0 Å². The lowest BCUT2D eigenvalue weighted by molar-refractivity contribution is 0.242. The van der Waals surface area contributed by atoms with Gasteiger partial charge in [0.25, 0.3) is 0 Å².